The molecule has 1 heterocycles. The molecule has 0 saturated heterocycles. The minimum atomic E-state index is 0.548. The van der Waals surface area contributed by atoms with E-state index in [1.807, 2.05) is 0 Å². The molecule has 0 spiro atoms. The summed E-state index contributed by atoms with van der Waals surface area (Å²) in [5, 5.41) is 3.35. The zero-order chi connectivity index (χ0) is 10.5. The smallest absolute Gasteiger partial charge is 0.223 e. The minimum absolute atomic E-state index is 0.548. The molecule has 1 aliphatic carbocycles. The lowest BCUT2D eigenvalue weighted by Gasteiger charge is -2.22. The van der Waals surface area contributed by atoms with Crippen LogP contribution in [0.5, 0.6) is 5.75 Å². The fraction of sp³-hybridized carbons (Fsp3) is 0.636. The molecule has 4 heteroatoms. The van der Waals surface area contributed by atoms with Crippen LogP contribution in [0.15, 0.2) is 12.4 Å². The average Bonchev–Trinajstić information content (AvgIpc) is 2.31. The molecule has 1 fully saturated rings. The van der Waals surface area contributed by atoms with E-state index < -0.39 is 0 Å². The van der Waals surface area contributed by atoms with Crippen LogP contribution in [-0.4, -0.2) is 23.1 Å². The Kier molecular flexibility index (Phi) is 3.37. The van der Waals surface area contributed by atoms with Gasteiger partial charge in [-0.2, -0.15) is 0 Å². The number of nitrogens with zero attached hydrogens (tertiary/aromatic N) is 2. The quantitative estimate of drug-likeness (QED) is 0.825. The van der Waals surface area contributed by atoms with E-state index in [2.05, 4.69) is 15.3 Å². The van der Waals surface area contributed by atoms with Crippen LogP contribution in [0.2, 0.25) is 0 Å². The highest BCUT2D eigenvalue weighted by Gasteiger charge is 2.13. The van der Waals surface area contributed by atoms with Gasteiger partial charge >= 0.3 is 0 Å². The van der Waals surface area contributed by atoms with Gasteiger partial charge < -0.3 is 10.1 Å². The fourth-order valence-electron chi connectivity index (χ4n) is 1.93. The number of aromatic nitrogens is 2. The van der Waals surface area contributed by atoms with Crippen LogP contribution in [0.25, 0.3) is 0 Å². The standard InChI is InChI=1S/C11H17N3O/c1-15-10-7-12-11(13-8-10)14-9-5-3-2-4-6-9/h7-9H,2-6H2,1H3,(H,12,13,14). The molecule has 0 aliphatic heterocycles. The average molecular weight is 207 g/mol. The molecule has 0 bridgehead atoms. The van der Waals surface area contributed by atoms with Gasteiger partial charge in [-0.3, -0.25) is 0 Å². The highest BCUT2D eigenvalue weighted by molar-refractivity contribution is 5.28. The molecular weight excluding hydrogens is 190 g/mol. The second kappa shape index (κ2) is 4.96. The summed E-state index contributed by atoms with van der Waals surface area (Å²) < 4.78 is 5.01. The van der Waals surface area contributed by atoms with Gasteiger partial charge in [0.25, 0.3) is 0 Å². The molecule has 1 N–H and O–H groups in total. The maximum atomic E-state index is 5.01. The van der Waals surface area contributed by atoms with Crippen molar-refractivity contribution < 1.29 is 4.74 Å². The van der Waals surface area contributed by atoms with Crippen molar-refractivity contribution in [3.05, 3.63) is 12.4 Å². The summed E-state index contributed by atoms with van der Waals surface area (Å²) in [5.41, 5.74) is 0. The van der Waals surface area contributed by atoms with Crippen molar-refractivity contribution in [2.75, 3.05) is 12.4 Å². The molecule has 0 aromatic carbocycles. The molecule has 15 heavy (non-hydrogen) atoms. The van der Waals surface area contributed by atoms with Crippen molar-refractivity contribution in [3.8, 4) is 5.75 Å². The first-order chi connectivity index (χ1) is 7.38. The minimum Gasteiger partial charge on any atom is -0.494 e. The predicted molar refractivity (Wildman–Crippen MR) is 59.1 cm³/mol. The summed E-state index contributed by atoms with van der Waals surface area (Å²) in [5.74, 6) is 1.41. The number of ether oxygens (including phenoxy) is 1. The van der Waals surface area contributed by atoms with Gasteiger partial charge in [-0.1, -0.05) is 19.3 Å². The Labute approximate surface area is 90.1 Å². The summed E-state index contributed by atoms with van der Waals surface area (Å²) in [6.07, 6.45) is 9.84. The van der Waals surface area contributed by atoms with Gasteiger partial charge in [0.1, 0.15) is 0 Å². The summed E-state index contributed by atoms with van der Waals surface area (Å²) in [4.78, 5) is 8.39. The first kappa shape index (κ1) is 10.2. The third kappa shape index (κ3) is 2.81. The molecule has 4 nitrogen and oxygen atoms in total. The molecule has 0 amide bonds. The molecule has 0 radical (unpaired) electrons. The van der Waals surface area contributed by atoms with Crippen molar-refractivity contribution >= 4 is 5.95 Å². The number of anilines is 1. The zero-order valence-electron chi connectivity index (χ0n) is 9.07. The molecule has 1 aromatic heterocycles. The van der Waals surface area contributed by atoms with Crippen molar-refractivity contribution in [1.82, 2.24) is 9.97 Å². The number of hydrogen-bond donors (Lipinski definition) is 1. The topological polar surface area (TPSA) is 47.0 Å². The molecule has 0 atom stereocenters. The summed E-state index contributed by atoms with van der Waals surface area (Å²) >= 11 is 0. The first-order valence-electron chi connectivity index (χ1n) is 5.51. The highest BCUT2D eigenvalue weighted by atomic mass is 16.5. The fourth-order valence-corrected chi connectivity index (χ4v) is 1.93. The van der Waals surface area contributed by atoms with E-state index in [1.54, 1.807) is 19.5 Å². The zero-order valence-corrected chi connectivity index (χ0v) is 9.07. The molecular formula is C11H17N3O. The Morgan fingerprint density at radius 1 is 1.20 bits per heavy atom. The van der Waals surface area contributed by atoms with Gasteiger partial charge in [0.2, 0.25) is 5.95 Å². The van der Waals surface area contributed by atoms with Crippen LogP contribution in [0.4, 0.5) is 5.95 Å². The van der Waals surface area contributed by atoms with Crippen LogP contribution in [0.3, 0.4) is 0 Å². The molecule has 1 aliphatic rings. The van der Waals surface area contributed by atoms with Crippen molar-refractivity contribution in [3.63, 3.8) is 0 Å². The summed E-state index contributed by atoms with van der Waals surface area (Å²) in [6, 6.07) is 0.548. The van der Waals surface area contributed by atoms with Crippen LogP contribution in [0, 0.1) is 0 Å². The van der Waals surface area contributed by atoms with Crippen molar-refractivity contribution in [2.24, 2.45) is 0 Å². The lowest BCUT2D eigenvalue weighted by atomic mass is 9.96. The molecule has 1 aromatic rings. The van der Waals surface area contributed by atoms with E-state index in [0.717, 1.165) is 0 Å². The van der Waals surface area contributed by atoms with Crippen molar-refractivity contribution in [2.45, 2.75) is 38.1 Å². The Morgan fingerprint density at radius 2 is 1.87 bits per heavy atom. The van der Waals surface area contributed by atoms with Crippen LogP contribution < -0.4 is 10.1 Å². The van der Waals surface area contributed by atoms with Crippen molar-refractivity contribution in [1.29, 1.82) is 0 Å². The Balaban J connectivity index is 1.91. The summed E-state index contributed by atoms with van der Waals surface area (Å²) in [6.45, 7) is 0. The third-order valence-electron chi connectivity index (χ3n) is 2.80. The number of hydrogen-bond acceptors (Lipinski definition) is 4. The van der Waals surface area contributed by atoms with Gasteiger partial charge in [0, 0.05) is 6.04 Å². The summed E-state index contributed by atoms with van der Waals surface area (Å²) in [7, 11) is 1.62. The van der Waals surface area contributed by atoms with E-state index in [9.17, 15) is 0 Å². The molecule has 2 rings (SSSR count). The van der Waals surface area contributed by atoms with Gasteiger partial charge in [-0.25, -0.2) is 9.97 Å². The maximum Gasteiger partial charge on any atom is 0.223 e. The Bertz CT molecular complexity index is 293. The third-order valence-corrected chi connectivity index (χ3v) is 2.80. The SMILES string of the molecule is COc1cnc(NC2CCCCC2)nc1. The van der Waals surface area contributed by atoms with Crippen LogP contribution in [0.1, 0.15) is 32.1 Å². The Morgan fingerprint density at radius 3 is 2.47 bits per heavy atom. The maximum absolute atomic E-state index is 5.01. The number of nitrogens with one attached hydrogen (secondary N) is 1. The Hall–Kier alpha value is -1.32. The lowest BCUT2D eigenvalue weighted by molar-refractivity contribution is 0.410. The molecule has 82 valence electrons. The van der Waals surface area contributed by atoms with Gasteiger partial charge in [-0.05, 0) is 12.8 Å². The van der Waals surface area contributed by atoms with Gasteiger partial charge in [-0.15, -0.1) is 0 Å². The van der Waals surface area contributed by atoms with Crippen LogP contribution in [-0.2, 0) is 0 Å². The van der Waals surface area contributed by atoms with E-state index in [0.29, 0.717) is 17.7 Å². The lowest BCUT2D eigenvalue weighted by Crippen LogP contribution is -2.23. The predicted octanol–water partition coefficient (Wildman–Crippen LogP) is 2.23. The molecule has 0 unspecified atom stereocenters. The molecule has 1 saturated carbocycles. The number of rotatable bonds is 3. The van der Waals surface area contributed by atoms with E-state index in [1.165, 1.54) is 32.1 Å². The second-order valence-corrected chi connectivity index (χ2v) is 3.93. The van der Waals surface area contributed by atoms with Gasteiger partial charge in [0.15, 0.2) is 5.75 Å². The normalized spacial score (nSPS) is 17.4. The van der Waals surface area contributed by atoms with E-state index in [-0.39, 0.29) is 0 Å². The first-order valence-corrected chi connectivity index (χ1v) is 5.51. The largest absolute Gasteiger partial charge is 0.494 e. The number of methoxy groups -OCH3 is 1. The second-order valence-electron chi connectivity index (χ2n) is 3.93. The van der Waals surface area contributed by atoms with Crippen LogP contribution >= 0.6 is 0 Å². The van der Waals surface area contributed by atoms with Gasteiger partial charge in [0.05, 0.1) is 19.5 Å². The monoisotopic (exact) mass is 207 g/mol. The highest BCUT2D eigenvalue weighted by Crippen LogP contribution is 2.20. The van der Waals surface area contributed by atoms with E-state index in [4.69, 9.17) is 4.74 Å². The van der Waals surface area contributed by atoms with E-state index >= 15 is 0 Å².